The minimum atomic E-state index is -4.15. The van der Waals surface area contributed by atoms with Gasteiger partial charge in [0.05, 0.1) is 25.6 Å². The Kier molecular flexibility index (Phi) is 7.91. The third-order valence-electron chi connectivity index (χ3n) is 6.42. The molecule has 5 rings (SSSR count). The molecule has 39 heavy (non-hydrogen) atoms. The maximum atomic E-state index is 13.2. The van der Waals surface area contributed by atoms with Crippen LogP contribution in [-0.4, -0.2) is 90.1 Å². The molecule has 0 aliphatic carbocycles. The molecule has 0 radical (unpaired) electrons. The van der Waals surface area contributed by atoms with E-state index in [0.717, 1.165) is 10.6 Å². The van der Waals surface area contributed by atoms with Crippen molar-refractivity contribution in [1.29, 1.82) is 0 Å². The number of aromatic nitrogens is 6. The van der Waals surface area contributed by atoms with Crippen LogP contribution in [0.1, 0.15) is 18.9 Å². The van der Waals surface area contributed by atoms with Crippen molar-refractivity contribution in [3.8, 4) is 0 Å². The van der Waals surface area contributed by atoms with Crippen LogP contribution < -0.4 is 17.0 Å². The lowest BCUT2D eigenvalue weighted by Crippen LogP contribution is -2.39. The number of anilines is 1. The molecule has 0 spiro atoms. The van der Waals surface area contributed by atoms with E-state index in [2.05, 4.69) is 32.2 Å². The summed E-state index contributed by atoms with van der Waals surface area (Å²) in [5.74, 6) is 0.199. The number of thiol groups is 1. The summed E-state index contributed by atoms with van der Waals surface area (Å²) in [7, 11) is 1.30. The summed E-state index contributed by atoms with van der Waals surface area (Å²) in [4.78, 5) is 38.0. The van der Waals surface area contributed by atoms with Crippen molar-refractivity contribution in [1.82, 2.24) is 29.1 Å². The molecule has 17 nitrogen and oxygen atoms in total. The second-order valence-corrected chi connectivity index (χ2v) is 11.7. The molecule has 8 atom stereocenters. The number of aromatic amines is 1. The summed E-state index contributed by atoms with van der Waals surface area (Å²) in [6.45, 7) is -5.09. The second kappa shape index (κ2) is 11.1. The SMILES string of the molecule is CO[C@@H]1C(n2ccc(=O)[nH]c2=O)O[C@H](CO)[C@@H]1O[P@@](=O)(S)OC[C@H]1OC(n2cnc3c(N)ncnc32)C[C@H]1O. The molecule has 19 heteroatoms. The Morgan fingerprint density at radius 1 is 1.23 bits per heavy atom. The van der Waals surface area contributed by atoms with Crippen LogP contribution in [0.4, 0.5) is 5.82 Å². The number of imidazole rings is 1. The van der Waals surface area contributed by atoms with Gasteiger partial charge in [-0.05, 0) is 0 Å². The van der Waals surface area contributed by atoms with E-state index in [1.54, 1.807) is 4.57 Å². The molecule has 0 aromatic carbocycles. The predicted molar refractivity (Wildman–Crippen MR) is 135 cm³/mol. The van der Waals surface area contributed by atoms with Crippen molar-refractivity contribution in [3.05, 3.63) is 45.8 Å². The summed E-state index contributed by atoms with van der Waals surface area (Å²) in [5.41, 5.74) is 5.24. The standard InChI is InChI=1S/C20H26N7O10PS/c1-33-16-15(10(5-28)36-19(16)26-3-2-12(30)25-20(26)31)37-38(32,39)34-6-11-9(29)4-13(35-11)27-8-24-14-17(21)22-7-23-18(14)27/h2-3,7-11,13,15-16,19,28-29H,4-6H2,1H3,(H,32,39)(H2,21,22,23)(H,25,30,31)/t9-,10-,11-,13?,15+,16+,19?,38+/m1/s1. The highest BCUT2D eigenvalue weighted by molar-refractivity contribution is 8.44. The number of hydrogen-bond acceptors (Lipinski definition) is 14. The second-order valence-electron chi connectivity index (χ2n) is 8.81. The Hall–Kier alpha value is -2.67. The Labute approximate surface area is 224 Å². The van der Waals surface area contributed by atoms with E-state index in [9.17, 15) is 24.4 Å². The van der Waals surface area contributed by atoms with Crippen molar-refractivity contribution < 1.29 is 38.0 Å². The first-order valence-electron chi connectivity index (χ1n) is 11.6. The van der Waals surface area contributed by atoms with Gasteiger partial charge in [-0.3, -0.25) is 28.0 Å². The maximum absolute atomic E-state index is 13.2. The average Bonchev–Trinajstić information content (AvgIpc) is 3.58. The highest BCUT2D eigenvalue weighted by Gasteiger charge is 2.50. The smallest absolute Gasteiger partial charge is 0.386 e. The molecule has 0 bridgehead atoms. The van der Waals surface area contributed by atoms with Gasteiger partial charge in [0.2, 0.25) is 0 Å². The van der Waals surface area contributed by atoms with Gasteiger partial charge in [-0.1, -0.05) is 12.2 Å². The van der Waals surface area contributed by atoms with Crippen molar-refractivity contribution in [3.63, 3.8) is 0 Å². The third kappa shape index (κ3) is 5.52. The van der Waals surface area contributed by atoms with Crippen LogP contribution in [0.15, 0.2) is 34.5 Å². The first kappa shape index (κ1) is 27.9. The van der Waals surface area contributed by atoms with Gasteiger partial charge in [0.25, 0.3) is 5.56 Å². The first-order valence-corrected chi connectivity index (χ1v) is 14.3. The van der Waals surface area contributed by atoms with Crippen molar-refractivity contribution in [2.24, 2.45) is 0 Å². The molecular formula is C20H26N7O10PS. The number of fused-ring (bicyclic) bond motifs is 1. The molecule has 2 aliphatic rings. The lowest BCUT2D eigenvalue weighted by Gasteiger charge is -2.26. The topological polar surface area (TPSA) is 228 Å². The number of nitrogens with zero attached hydrogens (tertiary/aromatic N) is 5. The molecule has 212 valence electrons. The fraction of sp³-hybridized carbons (Fsp3) is 0.550. The van der Waals surface area contributed by atoms with Crippen LogP contribution in [0.2, 0.25) is 0 Å². The normalized spacial score (nSPS) is 30.6. The van der Waals surface area contributed by atoms with Gasteiger partial charge in [0, 0.05) is 25.8 Å². The summed E-state index contributed by atoms with van der Waals surface area (Å²) < 4.78 is 43.9. The largest absolute Gasteiger partial charge is 0.394 e. The number of aliphatic hydroxyl groups is 2. The monoisotopic (exact) mass is 587 g/mol. The summed E-state index contributed by atoms with van der Waals surface area (Å²) in [5, 5.41) is 20.4. The predicted octanol–water partition coefficient (Wildman–Crippen LogP) is -1.05. The van der Waals surface area contributed by atoms with Crippen LogP contribution in [0.25, 0.3) is 11.2 Å². The van der Waals surface area contributed by atoms with Crippen molar-refractivity contribution in [2.75, 3.05) is 26.1 Å². The molecule has 2 saturated heterocycles. The number of nitrogens with one attached hydrogen (secondary N) is 1. The number of methoxy groups -OCH3 is 1. The van der Waals surface area contributed by atoms with Crippen LogP contribution in [0, 0.1) is 0 Å². The van der Waals surface area contributed by atoms with Gasteiger partial charge in [0.1, 0.15) is 42.5 Å². The maximum Gasteiger partial charge on any atom is 0.386 e. The van der Waals surface area contributed by atoms with Crippen LogP contribution >= 0.6 is 19.0 Å². The first-order chi connectivity index (χ1) is 18.6. The Morgan fingerprint density at radius 2 is 2.03 bits per heavy atom. The van der Waals surface area contributed by atoms with Gasteiger partial charge < -0.3 is 30.2 Å². The number of hydrogen-bond donors (Lipinski definition) is 5. The molecule has 0 saturated carbocycles. The van der Waals surface area contributed by atoms with Gasteiger partial charge in [-0.15, -0.1) is 0 Å². The molecular weight excluding hydrogens is 561 g/mol. The highest BCUT2D eigenvalue weighted by atomic mass is 32.7. The Balaban J connectivity index is 1.26. The fourth-order valence-electron chi connectivity index (χ4n) is 4.55. The molecule has 2 unspecified atom stereocenters. The van der Waals surface area contributed by atoms with E-state index in [1.165, 1.54) is 26.0 Å². The van der Waals surface area contributed by atoms with Crippen LogP contribution in [0.3, 0.4) is 0 Å². The molecule has 2 fully saturated rings. The lowest BCUT2D eigenvalue weighted by atomic mass is 10.1. The van der Waals surface area contributed by atoms with E-state index in [4.69, 9.17) is 29.0 Å². The number of ether oxygens (including phenoxy) is 3. The minimum Gasteiger partial charge on any atom is -0.394 e. The number of rotatable bonds is 9. The van der Waals surface area contributed by atoms with Gasteiger partial charge >= 0.3 is 12.5 Å². The van der Waals surface area contributed by atoms with Crippen molar-refractivity contribution in [2.45, 2.75) is 49.4 Å². The number of aliphatic hydroxyl groups excluding tert-OH is 2. The van der Waals surface area contributed by atoms with E-state index in [1.807, 2.05) is 0 Å². The zero-order chi connectivity index (χ0) is 27.9. The van der Waals surface area contributed by atoms with E-state index < -0.39 is 67.6 Å². The highest BCUT2D eigenvalue weighted by Crippen LogP contribution is 2.56. The number of H-pyrrole nitrogens is 1. The number of nitrogens with two attached hydrogens (primary N) is 1. The molecule has 5 N–H and O–H groups in total. The lowest BCUT2D eigenvalue weighted by molar-refractivity contribution is -0.0625. The fourth-order valence-corrected chi connectivity index (χ4v) is 6.04. The van der Waals surface area contributed by atoms with Crippen molar-refractivity contribution >= 4 is 36.0 Å². The van der Waals surface area contributed by atoms with Crippen LogP contribution in [0.5, 0.6) is 0 Å². The molecule has 5 heterocycles. The average molecular weight is 588 g/mol. The zero-order valence-electron chi connectivity index (χ0n) is 20.3. The minimum absolute atomic E-state index is 0.158. The van der Waals surface area contributed by atoms with E-state index >= 15 is 0 Å². The zero-order valence-corrected chi connectivity index (χ0v) is 22.1. The summed E-state index contributed by atoms with van der Waals surface area (Å²) >= 11 is 4.03. The van der Waals surface area contributed by atoms with E-state index in [-0.39, 0.29) is 18.8 Å². The molecule has 3 aromatic rings. The van der Waals surface area contributed by atoms with Gasteiger partial charge in [-0.2, -0.15) is 0 Å². The summed E-state index contributed by atoms with van der Waals surface area (Å²) in [6, 6.07) is 1.11. The Bertz CT molecular complexity index is 1500. The van der Waals surface area contributed by atoms with E-state index in [0.29, 0.717) is 11.2 Å². The molecule has 3 aromatic heterocycles. The van der Waals surface area contributed by atoms with Gasteiger partial charge in [-0.25, -0.2) is 24.3 Å². The third-order valence-corrected chi connectivity index (χ3v) is 8.04. The molecule has 0 amide bonds. The van der Waals surface area contributed by atoms with Crippen LogP contribution in [-0.2, 0) is 27.8 Å². The Morgan fingerprint density at radius 3 is 2.74 bits per heavy atom. The number of nitrogen functional groups attached to an aromatic ring is 1. The molecule has 2 aliphatic heterocycles. The van der Waals surface area contributed by atoms with Gasteiger partial charge in [0.15, 0.2) is 17.7 Å². The quantitative estimate of drug-likeness (QED) is 0.149. The summed E-state index contributed by atoms with van der Waals surface area (Å²) in [6.07, 6.45) is -2.89.